The van der Waals surface area contributed by atoms with Gasteiger partial charge >= 0.3 is 5.97 Å². The lowest BCUT2D eigenvalue weighted by atomic mass is 10.2. The van der Waals surface area contributed by atoms with E-state index in [1.54, 1.807) is 0 Å². The van der Waals surface area contributed by atoms with Crippen molar-refractivity contribution in [1.82, 2.24) is 19.3 Å². The first kappa shape index (κ1) is 14.9. The summed E-state index contributed by atoms with van der Waals surface area (Å²) >= 11 is 1.27. The van der Waals surface area contributed by atoms with Crippen LogP contribution in [0.1, 0.15) is 38.9 Å². The van der Waals surface area contributed by atoms with E-state index in [1.807, 2.05) is 18.7 Å². The molecule has 2 heterocycles. The Balaban J connectivity index is 2.57. The van der Waals surface area contributed by atoms with Crippen molar-refractivity contribution in [2.45, 2.75) is 44.8 Å². The molecule has 0 saturated heterocycles. The van der Waals surface area contributed by atoms with Crippen molar-refractivity contribution in [2.75, 3.05) is 5.75 Å². The van der Waals surface area contributed by atoms with Crippen LogP contribution in [-0.4, -0.2) is 36.2 Å². The molecule has 110 valence electrons. The van der Waals surface area contributed by atoms with E-state index in [9.17, 15) is 4.79 Å². The third kappa shape index (κ3) is 2.54. The van der Waals surface area contributed by atoms with Gasteiger partial charge in [-0.05, 0) is 19.8 Å². The Bertz CT molecular complexity index is 632. The SMILES string of the molecule is CCc1nn(C)c2c1nc(SCC(=O)O)n2C(C)CC. The number of aryl methyl sites for hydroxylation is 2. The zero-order chi connectivity index (χ0) is 14.9. The Hall–Kier alpha value is -1.50. The highest BCUT2D eigenvalue weighted by Crippen LogP contribution is 2.30. The Kier molecular flexibility index (Phi) is 4.37. The third-order valence-electron chi connectivity index (χ3n) is 3.40. The number of imidazole rings is 1. The van der Waals surface area contributed by atoms with Crippen molar-refractivity contribution in [3.05, 3.63) is 5.69 Å². The van der Waals surface area contributed by atoms with Crippen molar-refractivity contribution in [3.8, 4) is 0 Å². The van der Waals surface area contributed by atoms with Crippen LogP contribution in [0.3, 0.4) is 0 Å². The average Bonchev–Trinajstić information content (AvgIpc) is 2.93. The number of carbonyl (C=O) groups is 1. The van der Waals surface area contributed by atoms with E-state index in [0.717, 1.165) is 34.9 Å². The molecule has 2 aromatic rings. The molecule has 0 aliphatic rings. The summed E-state index contributed by atoms with van der Waals surface area (Å²) in [6.45, 7) is 6.28. The summed E-state index contributed by atoms with van der Waals surface area (Å²) in [5.41, 5.74) is 2.83. The predicted octanol–water partition coefficient (Wildman–Crippen LogP) is 2.48. The second-order valence-corrected chi connectivity index (χ2v) is 5.74. The van der Waals surface area contributed by atoms with Crippen molar-refractivity contribution in [1.29, 1.82) is 0 Å². The second kappa shape index (κ2) is 5.87. The van der Waals surface area contributed by atoms with Crippen LogP contribution >= 0.6 is 11.8 Å². The van der Waals surface area contributed by atoms with Crippen LogP contribution < -0.4 is 0 Å². The zero-order valence-electron chi connectivity index (χ0n) is 12.3. The molecule has 0 bridgehead atoms. The fourth-order valence-electron chi connectivity index (χ4n) is 2.23. The summed E-state index contributed by atoms with van der Waals surface area (Å²) in [6, 6.07) is 0.261. The minimum absolute atomic E-state index is 0.0225. The van der Waals surface area contributed by atoms with Crippen LogP contribution in [0.4, 0.5) is 0 Å². The largest absolute Gasteiger partial charge is 0.481 e. The smallest absolute Gasteiger partial charge is 0.313 e. The fraction of sp³-hybridized carbons (Fsp3) is 0.615. The van der Waals surface area contributed by atoms with E-state index >= 15 is 0 Å². The first-order valence-corrected chi connectivity index (χ1v) is 7.76. The first-order chi connectivity index (χ1) is 9.49. The normalized spacial score (nSPS) is 13.0. The molecule has 1 unspecified atom stereocenters. The van der Waals surface area contributed by atoms with Gasteiger partial charge in [-0.25, -0.2) is 4.98 Å². The number of fused-ring (bicyclic) bond motifs is 1. The van der Waals surface area contributed by atoms with Crippen LogP contribution in [0.2, 0.25) is 0 Å². The second-order valence-electron chi connectivity index (χ2n) is 4.80. The molecule has 0 aromatic carbocycles. The number of aliphatic carboxylic acids is 1. The maximum Gasteiger partial charge on any atom is 0.313 e. The monoisotopic (exact) mass is 296 g/mol. The van der Waals surface area contributed by atoms with Crippen molar-refractivity contribution in [2.24, 2.45) is 7.05 Å². The first-order valence-electron chi connectivity index (χ1n) is 6.77. The highest BCUT2D eigenvalue weighted by atomic mass is 32.2. The average molecular weight is 296 g/mol. The molecule has 1 N–H and O–H groups in total. The molecule has 0 aliphatic carbocycles. The molecular weight excluding hydrogens is 276 g/mol. The molecule has 2 rings (SSSR count). The standard InChI is InChI=1S/C13H20N4O2S/c1-5-8(3)17-12-11(9(6-2)15-16(12)4)14-13(17)20-7-10(18)19/h8H,5-7H2,1-4H3,(H,18,19). The molecule has 0 amide bonds. The topological polar surface area (TPSA) is 72.9 Å². The van der Waals surface area contributed by atoms with Gasteiger partial charge in [-0.3, -0.25) is 9.48 Å². The van der Waals surface area contributed by atoms with Gasteiger partial charge in [-0.1, -0.05) is 25.6 Å². The number of carboxylic acid groups (broad SMARTS) is 1. The Morgan fingerprint density at radius 1 is 1.45 bits per heavy atom. The lowest BCUT2D eigenvalue weighted by molar-refractivity contribution is -0.133. The molecule has 6 nitrogen and oxygen atoms in total. The minimum atomic E-state index is -0.827. The van der Waals surface area contributed by atoms with Gasteiger partial charge in [-0.2, -0.15) is 5.10 Å². The summed E-state index contributed by atoms with van der Waals surface area (Å²) in [6.07, 6.45) is 1.77. The minimum Gasteiger partial charge on any atom is -0.481 e. The molecule has 0 saturated carbocycles. The van der Waals surface area contributed by atoms with E-state index in [2.05, 4.69) is 28.5 Å². The lowest BCUT2D eigenvalue weighted by Gasteiger charge is -2.15. The number of hydrogen-bond acceptors (Lipinski definition) is 4. The summed E-state index contributed by atoms with van der Waals surface area (Å²) in [5, 5.41) is 14.1. The van der Waals surface area contributed by atoms with Gasteiger partial charge in [0.2, 0.25) is 0 Å². The lowest BCUT2D eigenvalue weighted by Crippen LogP contribution is -2.10. The fourth-order valence-corrected chi connectivity index (χ4v) is 3.04. The number of aromatic nitrogens is 4. The van der Waals surface area contributed by atoms with Crippen LogP contribution in [0.15, 0.2) is 5.16 Å². The van der Waals surface area contributed by atoms with Crippen LogP contribution in [0.25, 0.3) is 11.2 Å². The Labute approximate surface area is 122 Å². The zero-order valence-corrected chi connectivity index (χ0v) is 13.1. The number of thioether (sulfide) groups is 1. The van der Waals surface area contributed by atoms with Gasteiger partial charge in [-0.15, -0.1) is 0 Å². The molecule has 0 aliphatic heterocycles. The maximum atomic E-state index is 10.8. The molecule has 0 fully saturated rings. The van der Waals surface area contributed by atoms with Crippen molar-refractivity contribution in [3.63, 3.8) is 0 Å². The molecular formula is C13H20N4O2S. The van der Waals surface area contributed by atoms with Gasteiger partial charge in [0.1, 0.15) is 5.52 Å². The van der Waals surface area contributed by atoms with E-state index in [4.69, 9.17) is 5.11 Å². The van der Waals surface area contributed by atoms with Gasteiger partial charge < -0.3 is 9.67 Å². The predicted molar refractivity (Wildman–Crippen MR) is 79.2 cm³/mol. The molecule has 1 atom stereocenters. The highest BCUT2D eigenvalue weighted by Gasteiger charge is 2.21. The number of carboxylic acids is 1. The van der Waals surface area contributed by atoms with Crippen molar-refractivity contribution < 1.29 is 9.90 Å². The maximum absolute atomic E-state index is 10.8. The van der Waals surface area contributed by atoms with Gasteiger partial charge in [0.15, 0.2) is 10.8 Å². The number of rotatable bonds is 6. The molecule has 0 radical (unpaired) electrons. The quantitative estimate of drug-likeness (QED) is 0.829. The summed E-state index contributed by atoms with van der Waals surface area (Å²) in [5.74, 6) is -0.805. The van der Waals surface area contributed by atoms with Gasteiger partial charge in [0, 0.05) is 13.1 Å². The van der Waals surface area contributed by atoms with E-state index in [1.165, 1.54) is 11.8 Å². The summed E-state index contributed by atoms with van der Waals surface area (Å²) < 4.78 is 3.95. The van der Waals surface area contributed by atoms with Crippen LogP contribution in [0.5, 0.6) is 0 Å². The highest BCUT2D eigenvalue weighted by molar-refractivity contribution is 7.99. The molecule has 0 spiro atoms. The van der Waals surface area contributed by atoms with Crippen LogP contribution in [-0.2, 0) is 18.3 Å². The summed E-state index contributed by atoms with van der Waals surface area (Å²) in [7, 11) is 1.91. The number of nitrogens with zero attached hydrogens (tertiary/aromatic N) is 4. The van der Waals surface area contributed by atoms with E-state index in [-0.39, 0.29) is 11.8 Å². The Morgan fingerprint density at radius 3 is 2.70 bits per heavy atom. The van der Waals surface area contributed by atoms with E-state index in [0.29, 0.717) is 0 Å². The third-order valence-corrected chi connectivity index (χ3v) is 4.33. The molecule has 2 aromatic heterocycles. The van der Waals surface area contributed by atoms with Crippen molar-refractivity contribution >= 4 is 28.9 Å². The molecule has 20 heavy (non-hydrogen) atoms. The summed E-state index contributed by atoms with van der Waals surface area (Å²) in [4.78, 5) is 15.4. The van der Waals surface area contributed by atoms with Crippen LogP contribution in [0, 0.1) is 0 Å². The van der Waals surface area contributed by atoms with Gasteiger partial charge in [0.05, 0.1) is 11.4 Å². The number of hydrogen-bond donors (Lipinski definition) is 1. The Morgan fingerprint density at radius 2 is 2.15 bits per heavy atom. The molecule has 7 heteroatoms. The van der Waals surface area contributed by atoms with Gasteiger partial charge in [0.25, 0.3) is 0 Å². The van der Waals surface area contributed by atoms with E-state index < -0.39 is 5.97 Å².